The van der Waals surface area contributed by atoms with Crippen LogP contribution in [0.5, 0.6) is 5.75 Å². The number of hydrogen-bond acceptors (Lipinski definition) is 7. The van der Waals surface area contributed by atoms with E-state index >= 15 is 0 Å². The first-order valence-electron chi connectivity index (χ1n) is 11.0. The maximum absolute atomic E-state index is 12.6. The SMILES string of the molecule is CC1=CCC2C(=O)N(CC(=O)OCC(=O)c3ccc(OC(=O)c4ccc(Br)cc4)cc3)C(=O)C2C1. The number of esters is 2. The summed E-state index contributed by atoms with van der Waals surface area (Å²) in [5.41, 5.74) is 1.68. The van der Waals surface area contributed by atoms with Gasteiger partial charge in [-0.2, -0.15) is 0 Å². The minimum Gasteiger partial charge on any atom is -0.456 e. The van der Waals surface area contributed by atoms with E-state index in [9.17, 15) is 24.0 Å². The van der Waals surface area contributed by atoms with Gasteiger partial charge in [0.05, 0.1) is 17.4 Å². The molecule has 4 rings (SSSR count). The van der Waals surface area contributed by atoms with Crippen molar-refractivity contribution in [3.63, 3.8) is 0 Å². The molecule has 2 aromatic rings. The van der Waals surface area contributed by atoms with Crippen LogP contribution >= 0.6 is 15.9 Å². The van der Waals surface area contributed by atoms with E-state index in [1.165, 1.54) is 24.3 Å². The van der Waals surface area contributed by atoms with Crippen molar-refractivity contribution in [2.24, 2.45) is 11.8 Å². The molecule has 0 radical (unpaired) electrons. The van der Waals surface area contributed by atoms with Crippen molar-refractivity contribution in [3.05, 3.63) is 75.8 Å². The third-order valence-electron chi connectivity index (χ3n) is 6.03. The second kappa shape index (κ2) is 10.4. The van der Waals surface area contributed by atoms with Crippen molar-refractivity contribution in [2.75, 3.05) is 13.2 Å². The van der Waals surface area contributed by atoms with Crippen LogP contribution in [0, 0.1) is 11.8 Å². The van der Waals surface area contributed by atoms with Gasteiger partial charge in [-0.25, -0.2) is 4.79 Å². The van der Waals surface area contributed by atoms with Crippen LogP contribution in [0.3, 0.4) is 0 Å². The van der Waals surface area contributed by atoms with E-state index in [0.29, 0.717) is 18.4 Å². The summed E-state index contributed by atoms with van der Waals surface area (Å²) in [5, 5.41) is 0. The molecule has 1 saturated heterocycles. The number of benzene rings is 2. The summed E-state index contributed by atoms with van der Waals surface area (Å²) in [6, 6.07) is 12.5. The molecule has 1 aliphatic heterocycles. The number of carbonyl (C=O) groups is 5. The Balaban J connectivity index is 1.27. The van der Waals surface area contributed by atoms with Gasteiger partial charge in [-0.1, -0.05) is 27.6 Å². The third kappa shape index (κ3) is 5.57. The van der Waals surface area contributed by atoms with Crippen LogP contribution in [0.2, 0.25) is 0 Å². The van der Waals surface area contributed by atoms with E-state index < -0.39 is 42.7 Å². The zero-order valence-corrected chi connectivity index (χ0v) is 20.4. The molecule has 2 atom stereocenters. The van der Waals surface area contributed by atoms with Crippen molar-refractivity contribution in [3.8, 4) is 5.75 Å². The number of amides is 2. The fourth-order valence-electron chi connectivity index (χ4n) is 4.13. The second-order valence-corrected chi connectivity index (χ2v) is 9.39. The van der Waals surface area contributed by atoms with Crippen LogP contribution in [0.25, 0.3) is 0 Å². The molecule has 0 saturated carbocycles. The van der Waals surface area contributed by atoms with Crippen molar-refractivity contribution in [1.29, 1.82) is 0 Å². The van der Waals surface area contributed by atoms with E-state index in [4.69, 9.17) is 9.47 Å². The Labute approximate surface area is 210 Å². The Kier molecular flexibility index (Phi) is 7.25. The lowest BCUT2D eigenvalue weighted by Crippen LogP contribution is -2.37. The van der Waals surface area contributed by atoms with Gasteiger partial charge in [0.2, 0.25) is 11.8 Å². The van der Waals surface area contributed by atoms with Gasteiger partial charge in [0, 0.05) is 10.0 Å². The Bertz CT molecular complexity index is 1220. The average Bonchev–Trinajstić information content (AvgIpc) is 3.07. The van der Waals surface area contributed by atoms with Crippen molar-refractivity contribution < 1.29 is 33.4 Å². The molecule has 2 aliphatic rings. The molecule has 8 nitrogen and oxygen atoms in total. The lowest BCUT2D eigenvalue weighted by Gasteiger charge is -2.19. The normalized spacial score (nSPS) is 19.1. The summed E-state index contributed by atoms with van der Waals surface area (Å²) in [6.07, 6.45) is 2.94. The highest BCUT2D eigenvalue weighted by Gasteiger charge is 2.48. The van der Waals surface area contributed by atoms with Crippen LogP contribution in [0.15, 0.2) is 64.7 Å². The summed E-state index contributed by atoms with van der Waals surface area (Å²) in [6.45, 7) is 0.859. The van der Waals surface area contributed by atoms with Gasteiger partial charge in [0.25, 0.3) is 0 Å². The Hall–Kier alpha value is -3.59. The number of fused-ring (bicyclic) bond motifs is 1. The molecule has 2 aromatic carbocycles. The average molecular weight is 540 g/mol. The quantitative estimate of drug-likeness (QED) is 0.173. The predicted octanol–water partition coefficient (Wildman–Crippen LogP) is 3.74. The highest BCUT2D eigenvalue weighted by Crippen LogP contribution is 2.37. The van der Waals surface area contributed by atoms with Gasteiger partial charge in [-0.3, -0.25) is 24.1 Å². The maximum atomic E-state index is 12.6. The summed E-state index contributed by atoms with van der Waals surface area (Å²) >= 11 is 3.30. The molecule has 9 heteroatoms. The predicted molar refractivity (Wildman–Crippen MR) is 128 cm³/mol. The van der Waals surface area contributed by atoms with E-state index in [1.54, 1.807) is 24.3 Å². The van der Waals surface area contributed by atoms with Crippen LogP contribution in [-0.4, -0.2) is 47.6 Å². The van der Waals surface area contributed by atoms with E-state index in [1.807, 2.05) is 13.0 Å². The first kappa shape index (κ1) is 24.5. The standard InChI is InChI=1S/C26H22BrNO7/c1-15-2-11-20-21(12-15)25(32)28(24(20)31)13-23(30)34-14-22(29)16-5-9-19(10-6-16)35-26(33)17-3-7-18(27)8-4-17/h2-10,20-21H,11-14H2,1H3. The maximum Gasteiger partial charge on any atom is 0.343 e. The highest BCUT2D eigenvalue weighted by atomic mass is 79.9. The Morgan fingerprint density at radius 3 is 2.26 bits per heavy atom. The van der Waals surface area contributed by atoms with E-state index in [2.05, 4.69) is 15.9 Å². The van der Waals surface area contributed by atoms with Crippen molar-refractivity contribution >= 4 is 45.5 Å². The number of allylic oxidation sites excluding steroid dienone is 2. The number of ketones is 1. The Morgan fingerprint density at radius 1 is 0.943 bits per heavy atom. The molecule has 0 N–H and O–H groups in total. The number of ether oxygens (including phenoxy) is 2. The summed E-state index contributed by atoms with van der Waals surface area (Å²) in [5.74, 6) is -3.20. The molecule has 35 heavy (non-hydrogen) atoms. The lowest BCUT2D eigenvalue weighted by atomic mass is 9.82. The van der Waals surface area contributed by atoms with Crippen molar-refractivity contribution in [1.82, 2.24) is 4.90 Å². The first-order chi connectivity index (χ1) is 16.7. The molecule has 1 heterocycles. The third-order valence-corrected chi connectivity index (χ3v) is 6.56. The number of carbonyl (C=O) groups excluding carboxylic acids is 5. The molecular weight excluding hydrogens is 518 g/mol. The number of nitrogens with zero attached hydrogens (tertiary/aromatic N) is 1. The summed E-state index contributed by atoms with van der Waals surface area (Å²) in [7, 11) is 0. The molecule has 1 fully saturated rings. The van der Waals surface area contributed by atoms with Gasteiger partial charge >= 0.3 is 11.9 Å². The number of imide groups is 1. The number of hydrogen-bond donors (Lipinski definition) is 0. The molecule has 0 spiro atoms. The molecular formula is C26H22BrNO7. The van der Waals surface area contributed by atoms with E-state index in [0.717, 1.165) is 14.9 Å². The summed E-state index contributed by atoms with van der Waals surface area (Å²) in [4.78, 5) is 62.9. The largest absolute Gasteiger partial charge is 0.456 e. The number of likely N-dealkylation sites (tertiary alicyclic amines) is 1. The fraction of sp³-hybridized carbons (Fsp3) is 0.269. The number of Topliss-reactive ketones (excluding diaryl/α,β-unsaturated/α-hetero) is 1. The summed E-state index contributed by atoms with van der Waals surface area (Å²) < 4.78 is 11.1. The lowest BCUT2D eigenvalue weighted by molar-refractivity contribution is -0.152. The molecule has 0 bridgehead atoms. The van der Waals surface area contributed by atoms with Gasteiger partial charge in [-0.05, 0) is 68.3 Å². The van der Waals surface area contributed by atoms with Crippen LogP contribution in [0.4, 0.5) is 0 Å². The van der Waals surface area contributed by atoms with Gasteiger partial charge in [0.1, 0.15) is 12.3 Å². The smallest absolute Gasteiger partial charge is 0.343 e. The van der Waals surface area contributed by atoms with Crippen molar-refractivity contribution in [2.45, 2.75) is 19.8 Å². The fourth-order valence-corrected chi connectivity index (χ4v) is 4.39. The van der Waals surface area contributed by atoms with Crippen LogP contribution in [-0.2, 0) is 19.1 Å². The number of rotatable bonds is 7. The minimum absolute atomic E-state index is 0.252. The topological polar surface area (TPSA) is 107 Å². The molecule has 2 amide bonds. The first-order valence-corrected chi connectivity index (χ1v) is 11.8. The van der Waals surface area contributed by atoms with Gasteiger partial charge < -0.3 is 9.47 Å². The Morgan fingerprint density at radius 2 is 1.57 bits per heavy atom. The molecule has 180 valence electrons. The monoisotopic (exact) mass is 539 g/mol. The van der Waals surface area contributed by atoms with Gasteiger partial charge in [-0.15, -0.1) is 0 Å². The zero-order chi connectivity index (χ0) is 25.1. The molecule has 0 aromatic heterocycles. The van der Waals surface area contributed by atoms with E-state index in [-0.39, 0.29) is 23.1 Å². The van der Waals surface area contributed by atoms with Crippen LogP contribution in [0.1, 0.15) is 40.5 Å². The van der Waals surface area contributed by atoms with Gasteiger partial charge in [0.15, 0.2) is 12.4 Å². The zero-order valence-electron chi connectivity index (χ0n) is 18.9. The molecule has 1 aliphatic carbocycles. The number of halogens is 1. The minimum atomic E-state index is -0.830. The molecule has 2 unspecified atom stereocenters. The highest BCUT2D eigenvalue weighted by molar-refractivity contribution is 9.10. The van der Waals surface area contributed by atoms with Crippen LogP contribution < -0.4 is 4.74 Å². The second-order valence-electron chi connectivity index (χ2n) is 8.47.